The van der Waals surface area contributed by atoms with Crippen molar-refractivity contribution >= 4 is 0 Å². The van der Waals surface area contributed by atoms with Crippen LogP contribution < -0.4 is 5.32 Å². The van der Waals surface area contributed by atoms with Gasteiger partial charge in [0.2, 0.25) is 0 Å². The van der Waals surface area contributed by atoms with Crippen LogP contribution in [0.5, 0.6) is 0 Å². The van der Waals surface area contributed by atoms with E-state index in [4.69, 9.17) is 0 Å². The Morgan fingerprint density at radius 1 is 1.13 bits per heavy atom. The molecule has 0 radical (unpaired) electrons. The van der Waals surface area contributed by atoms with Gasteiger partial charge < -0.3 is 5.32 Å². The van der Waals surface area contributed by atoms with Gasteiger partial charge in [-0.2, -0.15) is 0 Å². The van der Waals surface area contributed by atoms with Crippen LogP contribution in [0.2, 0.25) is 0 Å². The van der Waals surface area contributed by atoms with Crippen molar-refractivity contribution in [1.82, 2.24) is 10.2 Å². The van der Waals surface area contributed by atoms with Gasteiger partial charge in [0.25, 0.3) is 0 Å². The van der Waals surface area contributed by atoms with Crippen LogP contribution in [0, 0.1) is 0 Å². The molecule has 0 bridgehead atoms. The molecule has 0 saturated carbocycles. The number of hydrogen-bond donors (Lipinski definition) is 1. The van der Waals surface area contributed by atoms with Crippen molar-refractivity contribution in [2.24, 2.45) is 0 Å². The van der Waals surface area contributed by atoms with Gasteiger partial charge in [0.05, 0.1) is 0 Å². The lowest BCUT2D eigenvalue weighted by Gasteiger charge is -2.30. The molecule has 0 saturated heterocycles. The summed E-state index contributed by atoms with van der Waals surface area (Å²) in [4.78, 5) is 2.61. The number of nitrogens with one attached hydrogen (secondary N) is 1. The van der Waals surface area contributed by atoms with Gasteiger partial charge in [-0.25, -0.2) is 0 Å². The van der Waals surface area contributed by atoms with Crippen LogP contribution >= 0.6 is 0 Å². The molecule has 15 heavy (non-hydrogen) atoms. The lowest BCUT2D eigenvalue weighted by atomic mass is 10.1. The molecule has 2 heteroatoms. The van der Waals surface area contributed by atoms with E-state index in [-0.39, 0.29) is 0 Å². The Bertz CT molecular complexity index is 134. The van der Waals surface area contributed by atoms with Crippen LogP contribution in [0.25, 0.3) is 0 Å². The molecule has 0 spiro atoms. The summed E-state index contributed by atoms with van der Waals surface area (Å²) < 4.78 is 0. The maximum absolute atomic E-state index is 3.55. The van der Waals surface area contributed by atoms with Crippen molar-refractivity contribution in [3.05, 3.63) is 0 Å². The van der Waals surface area contributed by atoms with Crippen molar-refractivity contribution in [2.75, 3.05) is 19.6 Å². The number of rotatable bonds is 9. The summed E-state index contributed by atoms with van der Waals surface area (Å²) in [5.41, 5.74) is 0. The van der Waals surface area contributed by atoms with E-state index in [2.05, 4.69) is 44.8 Å². The van der Waals surface area contributed by atoms with Crippen LogP contribution in [-0.2, 0) is 0 Å². The first-order valence-corrected chi connectivity index (χ1v) is 6.63. The Labute approximate surface area is 96.4 Å². The summed E-state index contributed by atoms with van der Waals surface area (Å²) in [6, 6.07) is 1.31. The summed E-state index contributed by atoms with van der Waals surface area (Å²) in [5, 5.41) is 3.55. The average Bonchev–Trinajstić information content (AvgIpc) is 2.22. The first-order chi connectivity index (χ1) is 7.15. The van der Waals surface area contributed by atoms with E-state index in [1.807, 2.05) is 0 Å². The molecule has 1 N–H and O–H groups in total. The summed E-state index contributed by atoms with van der Waals surface area (Å²) in [5.74, 6) is 0. The van der Waals surface area contributed by atoms with Crippen LogP contribution in [0.1, 0.15) is 53.9 Å². The quantitative estimate of drug-likeness (QED) is 0.635. The van der Waals surface area contributed by atoms with Gasteiger partial charge in [-0.15, -0.1) is 0 Å². The average molecular weight is 214 g/mol. The highest BCUT2D eigenvalue weighted by Crippen LogP contribution is 2.05. The molecular weight excluding hydrogens is 184 g/mol. The fourth-order valence-electron chi connectivity index (χ4n) is 1.86. The molecule has 92 valence electrons. The van der Waals surface area contributed by atoms with Crippen molar-refractivity contribution in [3.8, 4) is 0 Å². The third kappa shape index (κ3) is 6.91. The van der Waals surface area contributed by atoms with Gasteiger partial charge in [-0.3, -0.25) is 4.90 Å². The smallest absolute Gasteiger partial charge is 0.0217 e. The summed E-state index contributed by atoms with van der Waals surface area (Å²) in [6.07, 6.45) is 3.87. The van der Waals surface area contributed by atoms with Crippen LogP contribution in [0.3, 0.4) is 0 Å². The normalized spacial score (nSPS) is 13.8. The van der Waals surface area contributed by atoms with E-state index in [0.717, 1.165) is 6.54 Å². The number of hydrogen-bond acceptors (Lipinski definition) is 2. The van der Waals surface area contributed by atoms with E-state index in [1.54, 1.807) is 0 Å². The molecule has 0 aliphatic heterocycles. The third-order valence-electron chi connectivity index (χ3n) is 2.95. The van der Waals surface area contributed by atoms with Crippen molar-refractivity contribution in [3.63, 3.8) is 0 Å². The topological polar surface area (TPSA) is 15.3 Å². The molecule has 0 heterocycles. The van der Waals surface area contributed by atoms with Gasteiger partial charge in [-0.1, -0.05) is 41.0 Å². The molecule has 0 aliphatic rings. The Morgan fingerprint density at radius 2 is 1.80 bits per heavy atom. The van der Waals surface area contributed by atoms with Gasteiger partial charge in [0.15, 0.2) is 0 Å². The second-order valence-electron chi connectivity index (χ2n) is 4.61. The Morgan fingerprint density at radius 3 is 2.20 bits per heavy atom. The monoisotopic (exact) mass is 214 g/mol. The first kappa shape index (κ1) is 14.9. The zero-order valence-corrected chi connectivity index (χ0v) is 11.3. The molecule has 0 aliphatic carbocycles. The molecule has 0 amide bonds. The highest BCUT2D eigenvalue weighted by atomic mass is 15.2. The molecule has 0 rings (SSSR count). The molecule has 0 aromatic carbocycles. The maximum atomic E-state index is 3.55. The molecule has 2 nitrogen and oxygen atoms in total. The zero-order valence-electron chi connectivity index (χ0n) is 11.3. The van der Waals surface area contributed by atoms with Crippen molar-refractivity contribution in [2.45, 2.75) is 66.0 Å². The first-order valence-electron chi connectivity index (χ1n) is 6.63. The van der Waals surface area contributed by atoms with Gasteiger partial charge in [-0.05, 0) is 25.9 Å². The van der Waals surface area contributed by atoms with Crippen LogP contribution in [0.15, 0.2) is 0 Å². The zero-order chi connectivity index (χ0) is 11.7. The van der Waals surface area contributed by atoms with E-state index in [0.29, 0.717) is 12.1 Å². The van der Waals surface area contributed by atoms with Crippen molar-refractivity contribution < 1.29 is 0 Å². The molecule has 0 fully saturated rings. The van der Waals surface area contributed by atoms with E-state index in [9.17, 15) is 0 Å². The van der Waals surface area contributed by atoms with Crippen LogP contribution in [-0.4, -0.2) is 36.6 Å². The summed E-state index contributed by atoms with van der Waals surface area (Å²) in [7, 11) is 0. The Hall–Kier alpha value is -0.0800. The lowest BCUT2D eigenvalue weighted by Crippen LogP contribution is -2.44. The molecular formula is C13H30N2. The van der Waals surface area contributed by atoms with E-state index in [1.165, 1.54) is 32.4 Å². The Kier molecular flexibility index (Phi) is 9.12. The predicted octanol–water partition coefficient (Wildman–Crippen LogP) is 2.89. The largest absolute Gasteiger partial charge is 0.313 e. The summed E-state index contributed by atoms with van der Waals surface area (Å²) >= 11 is 0. The van der Waals surface area contributed by atoms with E-state index < -0.39 is 0 Å². The number of nitrogens with zero attached hydrogens (tertiary/aromatic N) is 1. The molecule has 0 aromatic rings. The van der Waals surface area contributed by atoms with E-state index >= 15 is 0 Å². The van der Waals surface area contributed by atoms with Crippen LogP contribution in [0.4, 0.5) is 0 Å². The predicted molar refractivity (Wildman–Crippen MR) is 69.4 cm³/mol. The number of unbranched alkanes of at least 4 members (excludes halogenated alkanes) is 1. The minimum Gasteiger partial charge on any atom is -0.313 e. The van der Waals surface area contributed by atoms with Gasteiger partial charge in [0, 0.05) is 18.6 Å². The highest BCUT2D eigenvalue weighted by molar-refractivity contribution is 4.72. The lowest BCUT2D eigenvalue weighted by molar-refractivity contribution is 0.190. The molecule has 1 atom stereocenters. The second-order valence-corrected chi connectivity index (χ2v) is 4.61. The third-order valence-corrected chi connectivity index (χ3v) is 2.95. The standard InChI is InChI=1S/C13H30N2/c1-6-9-10-15(8-3)13(7-2)11-14-12(4)5/h12-14H,6-11H2,1-5H3. The fourth-order valence-corrected chi connectivity index (χ4v) is 1.86. The van der Waals surface area contributed by atoms with Gasteiger partial charge >= 0.3 is 0 Å². The minimum absolute atomic E-state index is 0.601. The highest BCUT2D eigenvalue weighted by Gasteiger charge is 2.14. The fraction of sp³-hybridized carbons (Fsp3) is 1.00. The molecule has 1 unspecified atom stereocenters. The van der Waals surface area contributed by atoms with Gasteiger partial charge in [0.1, 0.15) is 0 Å². The summed E-state index contributed by atoms with van der Waals surface area (Å²) in [6.45, 7) is 14.8. The minimum atomic E-state index is 0.601. The second kappa shape index (κ2) is 9.17. The molecule has 0 aromatic heterocycles. The number of likely N-dealkylation sites (N-methyl/N-ethyl adjacent to an activating group) is 1. The maximum Gasteiger partial charge on any atom is 0.0217 e. The SMILES string of the molecule is CCCCN(CC)C(CC)CNC(C)C. The Balaban J connectivity index is 3.96. The van der Waals surface area contributed by atoms with Crippen molar-refractivity contribution in [1.29, 1.82) is 0 Å².